The second kappa shape index (κ2) is 5.19. The largest absolute Gasteiger partial charge is 0.493 e. The van der Waals surface area contributed by atoms with Crippen molar-refractivity contribution in [2.75, 3.05) is 25.6 Å². The van der Waals surface area contributed by atoms with E-state index in [1.807, 2.05) is 19.2 Å². The van der Waals surface area contributed by atoms with E-state index < -0.39 is 0 Å². The fourth-order valence-corrected chi connectivity index (χ4v) is 3.13. The molecule has 7 heteroatoms. The highest BCUT2D eigenvalue weighted by atomic mass is 16.6. The van der Waals surface area contributed by atoms with Crippen LogP contribution in [0.3, 0.4) is 0 Å². The highest BCUT2D eigenvalue weighted by Gasteiger charge is 2.31. The quantitative estimate of drug-likeness (QED) is 0.912. The van der Waals surface area contributed by atoms with Crippen molar-refractivity contribution in [1.82, 2.24) is 9.78 Å². The number of hydrogen-bond acceptors (Lipinski definition) is 5. The summed E-state index contributed by atoms with van der Waals surface area (Å²) in [5.41, 5.74) is 1.95. The van der Waals surface area contributed by atoms with Gasteiger partial charge in [-0.3, -0.25) is 9.48 Å². The van der Waals surface area contributed by atoms with Gasteiger partial charge < -0.3 is 19.5 Å². The van der Waals surface area contributed by atoms with Gasteiger partial charge in [0.2, 0.25) is 11.7 Å². The van der Waals surface area contributed by atoms with Gasteiger partial charge in [-0.2, -0.15) is 5.10 Å². The molecule has 0 saturated heterocycles. The molecule has 0 bridgehead atoms. The molecule has 1 atom stereocenters. The summed E-state index contributed by atoms with van der Waals surface area (Å²) < 4.78 is 18.4. The highest BCUT2D eigenvalue weighted by Crippen LogP contribution is 2.45. The predicted molar refractivity (Wildman–Crippen MR) is 82.3 cm³/mol. The summed E-state index contributed by atoms with van der Waals surface area (Å²) in [6.07, 6.45) is 2.16. The third kappa shape index (κ3) is 2.19. The Hall–Kier alpha value is -2.70. The van der Waals surface area contributed by atoms with Crippen molar-refractivity contribution in [2.45, 2.75) is 12.3 Å². The molecule has 2 aliphatic rings. The number of ether oxygens (including phenoxy) is 3. The van der Waals surface area contributed by atoms with Gasteiger partial charge in [-0.25, -0.2) is 0 Å². The number of aromatic nitrogens is 2. The molecule has 0 saturated carbocycles. The molecular weight excluding hydrogens is 298 g/mol. The van der Waals surface area contributed by atoms with E-state index in [-0.39, 0.29) is 11.8 Å². The lowest BCUT2D eigenvalue weighted by molar-refractivity contribution is -0.116. The van der Waals surface area contributed by atoms with E-state index in [9.17, 15) is 4.79 Å². The number of amides is 1. The lowest BCUT2D eigenvalue weighted by Crippen LogP contribution is -2.24. The topological polar surface area (TPSA) is 74.6 Å². The molecule has 23 heavy (non-hydrogen) atoms. The minimum absolute atomic E-state index is 0.0278. The first kappa shape index (κ1) is 13.9. The van der Waals surface area contributed by atoms with Crippen molar-refractivity contribution >= 4 is 11.7 Å². The summed E-state index contributed by atoms with van der Waals surface area (Å²) >= 11 is 0. The molecule has 1 aromatic carbocycles. The number of carbonyl (C=O) groups excluding carboxylic acids is 1. The Bertz CT molecular complexity index is 767. The van der Waals surface area contributed by atoms with E-state index in [0.29, 0.717) is 36.9 Å². The number of hydrogen-bond donors (Lipinski definition) is 1. The van der Waals surface area contributed by atoms with Crippen LogP contribution >= 0.6 is 0 Å². The molecule has 1 aromatic heterocycles. The van der Waals surface area contributed by atoms with Gasteiger partial charge in [0.25, 0.3) is 0 Å². The van der Waals surface area contributed by atoms with E-state index in [0.717, 1.165) is 16.9 Å². The fraction of sp³-hybridized carbons (Fsp3) is 0.375. The second-order valence-electron chi connectivity index (χ2n) is 5.62. The molecule has 0 fully saturated rings. The molecule has 120 valence electrons. The van der Waals surface area contributed by atoms with E-state index in [1.54, 1.807) is 18.0 Å². The van der Waals surface area contributed by atoms with Crippen molar-refractivity contribution < 1.29 is 19.0 Å². The van der Waals surface area contributed by atoms with E-state index in [1.165, 1.54) is 0 Å². The van der Waals surface area contributed by atoms with Gasteiger partial charge in [-0.15, -0.1) is 0 Å². The molecule has 2 aliphatic heterocycles. The lowest BCUT2D eigenvalue weighted by Gasteiger charge is -2.26. The van der Waals surface area contributed by atoms with Crippen LogP contribution in [0.4, 0.5) is 5.82 Å². The van der Waals surface area contributed by atoms with E-state index >= 15 is 0 Å². The van der Waals surface area contributed by atoms with Crippen LogP contribution in [0.25, 0.3) is 0 Å². The maximum absolute atomic E-state index is 12.1. The Morgan fingerprint density at radius 3 is 3.00 bits per heavy atom. The van der Waals surface area contributed by atoms with Crippen molar-refractivity contribution in [3.05, 3.63) is 29.5 Å². The van der Waals surface area contributed by atoms with Crippen molar-refractivity contribution in [2.24, 2.45) is 7.05 Å². The molecule has 2 aromatic rings. The summed E-state index contributed by atoms with van der Waals surface area (Å²) in [5.74, 6) is 2.52. The first-order valence-corrected chi connectivity index (χ1v) is 7.46. The number of aryl methyl sites for hydroxylation is 1. The maximum Gasteiger partial charge on any atom is 0.226 e. The van der Waals surface area contributed by atoms with Gasteiger partial charge in [0.05, 0.1) is 13.3 Å². The zero-order chi connectivity index (χ0) is 16.0. The fourth-order valence-electron chi connectivity index (χ4n) is 3.13. The van der Waals surface area contributed by atoms with Crippen LogP contribution in [0.15, 0.2) is 18.3 Å². The molecule has 1 amide bonds. The summed E-state index contributed by atoms with van der Waals surface area (Å²) in [7, 11) is 3.41. The van der Waals surface area contributed by atoms with Crippen molar-refractivity contribution in [3.8, 4) is 17.2 Å². The van der Waals surface area contributed by atoms with E-state index in [2.05, 4.69) is 10.4 Å². The Balaban J connectivity index is 1.83. The van der Waals surface area contributed by atoms with Crippen LogP contribution in [0, 0.1) is 0 Å². The summed E-state index contributed by atoms with van der Waals surface area (Å²) in [4.78, 5) is 12.1. The van der Waals surface area contributed by atoms with Gasteiger partial charge in [0.1, 0.15) is 19.0 Å². The lowest BCUT2D eigenvalue weighted by atomic mass is 9.87. The average Bonchev–Trinajstić information content (AvgIpc) is 2.94. The first-order valence-electron chi connectivity index (χ1n) is 7.46. The Morgan fingerprint density at radius 2 is 2.17 bits per heavy atom. The summed E-state index contributed by atoms with van der Waals surface area (Å²) in [5, 5.41) is 7.13. The molecule has 0 aliphatic carbocycles. The SMILES string of the molecule is COc1cc([C@H]2CC(=O)Nc3c2cnn3C)cc2c1OCCO2. The first-order chi connectivity index (χ1) is 11.2. The molecule has 0 unspecified atom stereocenters. The normalized spacial score (nSPS) is 19.0. The maximum atomic E-state index is 12.1. The number of carbonyl (C=O) groups is 1. The van der Waals surface area contributed by atoms with Gasteiger partial charge >= 0.3 is 0 Å². The second-order valence-corrected chi connectivity index (χ2v) is 5.62. The molecule has 0 radical (unpaired) electrons. The molecule has 0 spiro atoms. The minimum Gasteiger partial charge on any atom is -0.493 e. The van der Waals surface area contributed by atoms with Crippen LogP contribution in [0.5, 0.6) is 17.2 Å². The zero-order valence-corrected chi connectivity index (χ0v) is 13.0. The third-order valence-corrected chi connectivity index (χ3v) is 4.24. The number of rotatable bonds is 2. The number of benzene rings is 1. The molecule has 7 nitrogen and oxygen atoms in total. The molecule has 4 rings (SSSR count). The number of methoxy groups -OCH3 is 1. The van der Waals surface area contributed by atoms with Crippen LogP contribution in [0.2, 0.25) is 0 Å². The Morgan fingerprint density at radius 1 is 1.35 bits per heavy atom. The standard InChI is InChI=1S/C16H17N3O4/c1-19-16-11(8-17-19)10(7-14(20)18-16)9-5-12(21-2)15-13(6-9)22-3-4-23-15/h5-6,8,10H,3-4,7H2,1-2H3,(H,18,20)/t10-/m1/s1. The van der Waals surface area contributed by atoms with E-state index in [4.69, 9.17) is 14.2 Å². The van der Waals surface area contributed by atoms with Gasteiger partial charge in [-0.05, 0) is 17.7 Å². The zero-order valence-electron chi connectivity index (χ0n) is 13.0. The van der Waals surface area contributed by atoms with Crippen LogP contribution < -0.4 is 19.5 Å². The molecule has 3 heterocycles. The number of nitrogens with one attached hydrogen (secondary N) is 1. The average molecular weight is 315 g/mol. The third-order valence-electron chi connectivity index (χ3n) is 4.24. The Labute approximate surface area is 133 Å². The monoisotopic (exact) mass is 315 g/mol. The highest BCUT2D eigenvalue weighted by molar-refractivity contribution is 5.94. The molecule has 1 N–H and O–H groups in total. The van der Waals surface area contributed by atoms with Crippen LogP contribution in [0.1, 0.15) is 23.5 Å². The number of anilines is 1. The smallest absolute Gasteiger partial charge is 0.226 e. The van der Waals surface area contributed by atoms with Crippen LogP contribution in [-0.4, -0.2) is 36.0 Å². The van der Waals surface area contributed by atoms with Gasteiger partial charge in [-0.1, -0.05) is 0 Å². The van der Waals surface area contributed by atoms with Gasteiger partial charge in [0.15, 0.2) is 11.5 Å². The van der Waals surface area contributed by atoms with Crippen LogP contribution in [-0.2, 0) is 11.8 Å². The predicted octanol–water partition coefficient (Wildman–Crippen LogP) is 1.67. The minimum atomic E-state index is -0.0859. The summed E-state index contributed by atoms with van der Waals surface area (Å²) in [6.45, 7) is 1.00. The van der Waals surface area contributed by atoms with Crippen molar-refractivity contribution in [3.63, 3.8) is 0 Å². The number of nitrogens with zero attached hydrogens (tertiary/aromatic N) is 2. The molecular formula is C16H17N3O4. The van der Waals surface area contributed by atoms with Gasteiger partial charge in [0, 0.05) is 24.9 Å². The number of fused-ring (bicyclic) bond motifs is 2. The summed E-state index contributed by atoms with van der Waals surface area (Å²) in [6, 6.07) is 3.84. The van der Waals surface area contributed by atoms with Crippen molar-refractivity contribution in [1.29, 1.82) is 0 Å². The Kier molecular flexibility index (Phi) is 3.14.